The average Bonchev–Trinajstić information content (AvgIpc) is 2.95. The van der Waals surface area contributed by atoms with Crippen LogP contribution in [0.5, 0.6) is 11.5 Å². The number of aromatic nitrogens is 2. The number of fused-ring (bicyclic) bond motifs is 1. The van der Waals surface area contributed by atoms with E-state index in [4.69, 9.17) is 9.47 Å². The van der Waals surface area contributed by atoms with Gasteiger partial charge in [0.05, 0.1) is 0 Å². The fraction of sp³-hybridized carbons (Fsp3) is 0.214. The van der Waals surface area contributed by atoms with Crippen molar-refractivity contribution in [2.75, 3.05) is 31.1 Å². The molecule has 1 N–H and O–H groups in total. The Morgan fingerprint density at radius 3 is 2.67 bits per heavy atom. The molecule has 0 fully saturated rings. The SMILES string of the molecule is CN(C)c1ccc(C(=O)Nc2ccc3c(c2)OCO3)nn1. The van der Waals surface area contributed by atoms with E-state index in [1.165, 1.54) is 0 Å². The number of carbonyl (C=O) groups is 1. The van der Waals surface area contributed by atoms with Crippen LogP contribution in [0.3, 0.4) is 0 Å². The fourth-order valence-electron chi connectivity index (χ4n) is 1.85. The lowest BCUT2D eigenvalue weighted by Crippen LogP contribution is -2.16. The number of carbonyl (C=O) groups excluding carboxylic acids is 1. The molecule has 2 heterocycles. The van der Waals surface area contributed by atoms with Crippen LogP contribution in [-0.2, 0) is 0 Å². The van der Waals surface area contributed by atoms with Gasteiger partial charge in [0.25, 0.3) is 5.91 Å². The number of hydrogen-bond donors (Lipinski definition) is 1. The third-order valence-electron chi connectivity index (χ3n) is 2.97. The van der Waals surface area contributed by atoms with Crippen LogP contribution < -0.4 is 19.7 Å². The Kier molecular flexibility index (Phi) is 3.31. The Morgan fingerprint density at radius 1 is 1.14 bits per heavy atom. The molecule has 1 aliphatic rings. The lowest BCUT2D eigenvalue weighted by molar-refractivity contribution is 0.102. The molecule has 2 aromatic rings. The zero-order valence-electron chi connectivity index (χ0n) is 11.7. The van der Waals surface area contributed by atoms with E-state index >= 15 is 0 Å². The number of amides is 1. The van der Waals surface area contributed by atoms with Crippen LogP contribution in [0.1, 0.15) is 10.5 Å². The van der Waals surface area contributed by atoms with Gasteiger partial charge in [0.1, 0.15) is 0 Å². The molecule has 0 radical (unpaired) electrons. The molecule has 108 valence electrons. The molecular formula is C14H14N4O3. The summed E-state index contributed by atoms with van der Waals surface area (Å²) in [4.78, 5) is 13.9. The maximum absolute atomic E-state index is 12.1. The largest absolute Gasteiger partial charge is 0.454 e. The highest BCUT2D eigenvalue weighted by Crippen LogP contribution is 2.34. The van der Waals surface area contributed by atoms with Gasteiger partial charge >= 0.3 is 0 Å². The predicted octanol–water partition coefficient (Wildman–Crippen LogP) is 1.52. The highest BCUT2D eigenvalue weighted by Gasteiger charge is 2.15. The molecule has 7 heteroatoms. The number of benzene rings is 1. The van der Waals surface area contributed by atoms with Gasteiger partial charge in [-0.25, -0.2) is 0 Å². The number of anilines is 2. The van der Waals surface area contributed by atoms with E-state index in [0.29, 0.717) is 23.0 Å². The maximum Gasteiger partial charge on any atom is 0.276 e. The van der Waals surface area contributed by atoms with Gasteiger partial charge in [-0.1, -0.05) is 0 Å². The van der Waals surface area contributed by atoms with Crippen LogP contribution in [0, 0.1) is 0 Å². The van der Waals surface area contributed by atoms with Crippen molar-refractivity contribution < 1.29 is 14.3 Å². The Bertz CT molecular complexity index is 670. The fourth-order valence-corrected chi connectivity index (χ4v) is 1.85. The van der Waals surface area contributed by atoms with Gasteiger partial charge < -0.3 is 19.7 Å². The van der Waals surface area contributed by atoms with Gasteiger partial charge in [0.15, 0.2) is 23.0 Å². The van der Waals surface area contributed by atoms with E-state index in [2.05, 4.69) is 15.5 Å². The Hall–Kier alpha value is -2.83. The molecule has 0 saturated carbocycles. The van der Waals surface area contributed by atoms with E-state index < -0.39 is 0 Å². The topological polar surface area (TPSA) is 76.6 Å². The first-order chi connectivity index (χ1) is 10.1. The summed E-state index contributed by atoms with van der Waals surface area (Å²) in [7, 11) is 3.72. The summed E-state index contributed by atoms with van der Waals surface area (Å²) in [5, 5.41) is 10.6. The molecule has 1 aromatic heterocycles. The van der Waals surface area contributed by atoms with Crippen molar-refractivity contribution in [2.24, 2.45) is 0 Å². The first-order valence-electron chi connectivity index (χ1n) is 6.35. The summed E-state index contributed by atoms with van der Waals surface area (Å²) in [5.41, 5.74) is 0.862. The third kappa shape index (κ3) is 2.71. The molecule has 0 unspecified atom stereocenters. The van der Waals surface area contributed by atoms with Crippen LogP contribution in [0.15, 0.2) is 30.3 Å². The van der Waals surface area contributed by atoms with Gasteiger partial charge in [-0.3, -0.25) is 4.79 Å². The predicted molar refractivity (Wildman–Crippen MR) is 76.9 cm³/mol. The van der Waals surface area contributed by atoms with E-state index in [1.54, 1.807) is 30.3 Å². The molecular weight excluding hydrogens is 272 g/mol. The summed E-state index contributed by atoms with van der Waals surface area (Å²) in [6, 6.07) is 8.57. The van der Waals surface area contributed by atoms with Crippen molar-refractivity contribution in [1.29, 1.82) is 0 Å². The maximum atomic E-state index is 12.1. The number of rotatable bonds is 3. The van der Waals surface area contributed by atoms with Gasteiger partial charge in [-0.15, -0.1) is 10.2 Å². The molecule has 0 spiro atoms. The Balaban J connectivity index is 1.74. The molecule has 0 bridgehead atoms. The first-order valence-corrected chi connectivity index (χ1v) is 6.35. The van der Waals surface area contributed by atoms with Crippen LogP contribution in [0.2, 0.25) is 0 Å². The summed E-state index contributed by atoms with van der Waals surface area (Å²) in [6.45, 7) is 0.199. The lowest BCUT2D eigenvalue weighted by Gasteiger charge is -2.10. The second-order valence-electron chi connectivity index (χ2n) is 4.69. The molecule has 1 aliphatic heterocycles. The Labute approximate surface area is 121 Å². The minimum atomic E-state index is -0.327. The minimum Gasteiger partial charge on any atom is -0.454 e. The van der Waals surface area contributed by atoms with E-state index in [-0.39, 0.29) is 18.4 Å². The first kappa shape index (κ1) is 13.2. The van der Waals surface area contributed by atoms with Crippen molar-refractivity contribution in [3.63, 3.8) is 0 Å². The molecule has 0 atom stereocenters. The monoisotopic (exact) mass is 286 g/mol. The van der Waals surface area contributed by atoms with Gasteiger partial charge in [0.2, 0.25) is 6.79 Å². The number of ether oxygens (including phenoxy) is 2. The lowest BCUT2D eigenvalue weighted by atomic mass is 10.2. The summed E-state index contributed by atoms with van der Waals surface area (Å²) >= 11 is 0. The van der Waals surface area contributed by atoms with Crippen molar-refractivity contribution >= 4 is 17.4 Å². The van der Waals surface area contributed by atoms with Crippen LogP contribution in [0.25, 0.3) is 0 Å². The van der Waals surface area contributed by atoms with Crippen molar-refractivity contribution in [3.05, 3.63) is 36.0 Å². The number of nitrogens with one attached hydrogen (secondary N) is 1. The zero-order valence-corrected chi connectivity index (χ0v) is 11.7. The van der Waals surface area contributed by atoms with Crippen LogP contribution >= 0.6 is 0 Å². The zero-order chi connectivity index (χ0) is 14.8. The van der Waals surface area contributed by atoms with Crippen LogP contribution in [0.4, 0.5) is 11.5 Å². The molecule has 0 aliphatic carbocycles. The molecule has 21 heavy (non-hydrogen) atoms. The standard InChI is InChI=1S/C14H14N4O3/c1-18(2)13-6-4-10(16-17-13)14(19)15-9-3-5-11-12(7-9)21-8-20-11/h3-7H,8H2,1-2H3,(H,15,19). The van der Waals surface area contributed by atoms with Gasteiger partial charge in [-0.2, -0.15) is 0 Å². The van der Waals surface area contributed by atoms with Crippen molar-refractivity contribution in [1.82, 2.24) is 10.2 Å². The second-order valence-corrected chi connectivity index (χ2v) is 4.69. The van der Waals surface area contributed by atoms with Gasteiger partial charge in [0, 0.05) is 25.8 Å². The highest BCUT2D eigenvalue weighted by molar-refractivity contribution is 6.02. The van der Waals surface area contributed by atoms with Gasteiger partial charge in [-0.05, 0) is 24.3 Å². The molecule has 1 aromatic carbocycles. The number of nitrogens with zero attached hydrogens (tertiary/aromatic N) is 3. The molecule has 0 saturated heterocycles. The molecule has 7 nitrogen and oxygen atoms in total. The number of hydrogen-bond acceptors (Lipinski definition) is 6. The van der Waals surface area contributed by atoms with Crippen molar-refractivity contribution in [3.8, 4) is 11.5 Å². The summed E-state index contributed by atoms with van der Waals surface area (Å²) < 4.78 is 10.5. The normalized spacial score (nSPS) is 12.1. The summed E-state index contributed by atoms with van der Waals surface area (Å²) in [5.74, 6) is 1.64. The molecule has 1 amide bonds. The van der Waals surface area contributed by atoms with E-state index in [0.717, 1.165) is 0 Å². The van der Waals surface area contributed by atoms with Crippen LogP contribution in [-0.4, -0.2) is 37.0 Å². The molecule has 3 rings (SSSR count). The minimum absolute atomic E-state index is 0.199. The summed E-state index contributed by atoms with van der Waals surface area (Å²) in [6.07, 6.45) is 0. The smallest absolute Gasteiger partial charge is 0.276 e. The third-order valence-corrected chi connectivity index (χ3v) is 2.97. The average molecular weight is 286 g/mol. The second kappa shape index (κ2) is 5.28. The quantitative estimate of drug-likeness (QED) is 0.922. The van der Waals surface area contributed by atoms with Crippen molar-refractivity contribution in [2.45, 2.75) is 0 Å². The van der Waals surface area contributed by atoms with E-state index in [9.17, 15) is 4.79 Å². The van der Waals surface area contributed by atoms with E-state index in [1.807, 2.05) is 19.0 Å². The Morgan fingerprint density at radius 2 is 1.95 bits per heavy atom. The highest BCUT2D eigenvalue weighted by atomic mass is 16.7.